The third-order valence-electron chi connectivity index (χ3n) is 7.24. The van der Waals surface area contributed by atoms with Crippen molar-refractivity contribution >= 4 is 29.9 Å². The predicted octanol–water partition coefficient (Wildman–Crippen LogP) is 4.73. The Bertz CT molecular complexity index is 770. The van der Waals surface area contributed by atoms with Crippen molar-refractivity contribution < 1.29 is 4.79 Å². The molecule has 2 aliphatic rings. The van der Waals surface area contributed by atoms with Crippen LogP contribution in [0.5, 0.6) is 0 Å². The lowest BCUT2D eigenvalue weighted by atomic mass is 9.64. The van der Waals surface area contributed by atoms with Crippen molar-refractivity contribution in [2.24, 2.45) is 11.7 Å². The van der Waals surface area contributed by atoms with Crippen molar-refractivity contribution in [1.29, 1.82) is 0 Å². The van der Waals surface area contributed by atoms with E-state index in [1.165, 1.54) is 19.3 Å². The van der Waals surface area contributed by atoms with E-state index < -0.39 is 5.41 Å². The van der Waals surface area contributed by atoms with Crippen LogP contribution in [0.3, 0.4) is 0 Å². The van der Waals surface area contributed by atoms with Gasteiger partial charge in [0.1, 0.15) is 5.41 Å². The zero-order valence-corrected chi connectivity index (χ0v) is 19.1. The number of hydrogen-bond acceptors (Lipinski definition) is 2. The highest BCUT2D eigenvalue weighted by molar-refractivity contribution is 14.0. The average Bonchev–Trinajstić information content (AvgIpc) is 3.10. The van der Waals surface area contributed by atoms with Gasteiger partial charge < -0.3 is 5.73 Å². The van der Waals surface area contributed by atoms with Crippen LogP contribution < -0.4 is 5.73 Å². The number of nitrogens with two attached hydrogens (primary N) is 1. The zero-order valence-electron chi connectivity index (χ0n) is 16.8. The maximum atomic E-state index is 13.1. The molecule has 1 aliphatic heterocycles. The van der Waals surface area contributed by atoms with E-state index in [-0.39, 0.29) is 35.4 Å². The summed E-state index contributed by atoms with van der Waals surface area (Å²) in [5.74, 6) is 0.515. The quantitative estimate of drug-likeness (QED) is 0.617. The van der Waals surface area contributed by atoms with Crippen molar-refractivity contribution in [2.45, 2.75) is 56.0 Å². The Morgan fingerprint density at radius 2 is 1.61 bits per heavy atom. The van der Waals surface area contributed by atoms with Crippen LogP contribution in [0.25, 0.3) is 0 Å². The number of amides is 1. The number of carbonyl (C=O) groups is 1. The molecule has 1 heterocycles. The molecule has 2 aromatic carbocycles. The minimum Gasteiger partial charge on any atom is -0.369 e. The van der Waals surface area contributed by atoms with Crippen molar-refractivity contribution in [3.63, 3.8) is 0 Å². The third-order valence-corrected chi connectivity index (χ3v) is 7.24. The first kappa shape index (κ1) is 21.3. The second kappa shape index (κ2) is 8.15. The van der Waals surface area contributed by atoms with Crippen LogP contribution in [-0.2, 0) is 10.2 Å². The van der Waals surface area contributed by atoms with Crippen LogP contribution in [0.15, 0.2) is 60.7 Å². The second-order valence-electron chi connectivity index (χ2n) is 8.82. The fourth-order valence-corrected chi connectivity index (χ4v) is 5.75. The van der Waals surface area contributed by atoms with Gasteiger partial charge in [-0.3, -0.25) is 9.69 Å². The molecule has 0 aromatic heterocycles. The summed E-state index contributed by atoms with van der Waals surface area (Å²) in [6.07, 6.45) is 5.73. The van der Waals surface area contributed by atoms with E-state index in [0.717, 1.165) is 23.5 Å². The van der Waals surface area contributed by atoms with Gasteiger partial charge in [-0.15, -0.1) is 24.0 Å². The van der Waals surface area contributed by atoms with Crippen molar-refractivity contribution in [3.8, 4) is 0 Å². The molecule has 4 rings (SSSR count). The molecule has 2 aromatic rings. The summed E-state index contributed by atoms with van der Waals surface area (Å²) in [6.45, 7) is 2.33. The van der Waals surface area contributed by atoms with E-state index in [1.54, 1.807) is 0 Å². The minimum absolute atomic E-state index is 0. The van der Waals surface area contributed by atoms with E-state index >= 15 is 0 Å². The van der Waals surface area contributed by atoms with Crippen LogP contribution in [0.1, 0.15) is 50.2 Å². The maximum absolute atomic E-state index is 13.1. The number of carbonyl (C=O) groups excluding carboxylic acids is 1. The molecule has 1 amide bonds. The summed E-state index contributed by atoms with van der Waals surface area (Å²) in [7, 11) is 2.24. The van der Waals surface area contributed by atoms with Crippen LogP contribution in [-0.4, -0.2) is 29.4 Å². The molecule has 2 fully saturated rings. The van der Waals surface area contributed by atoms with Gasteiger partial charge in [0.15, 0.2) is 0 Å². The smallest absolute Gasteiger partial charge is 0.232 e. The molecule has 150 valence electrons. The number of rotatable bonds is 5. The Morgan fingerprint density at radius 1 is 1.07 bits per heavy atom. The molecular weight excluding hydrogens is 459 g/mol. The third kappa shape index (κ3) is 3.50. The number of fused-ring (bicyclic) bond motifs is 2. The molecular formula is C24H31IN2O. The molecule has 0 radical (unpaired) electrons. The molecule has 1 aliphatic carbocycles. The number of halogens is 1. The first-order valence-electron chi connectivity index (χ1n) is 10.1. The summed E-state index contributed by atoms with van der Waals surface area (Å²) in [6, 6.07) is 20.9. The normalized spacial score (nSPS) is 27.2. The molecule has 2 N–H and O–H groups in total. The summed E-state index contributed by atoms with van der Waals surface area (Å²) in [5, 5.41) is 0. The lowest BCUT2D eigenvalue weighted by Crippen LogP contribution is -2.58. The number of primary amides is 1. The van der Waals surface area contributed by atoms with Gasteiger partial charge in [-0.1, -0.05) is 60.7 Å². The number of likely N-dealkylation sites (tertiary alicyclic amines) is 1. The van der Waals surface area contributed by atoms with Gasteiger partial charge in [0.05, 0.1) is 0 Å². The molecule has 4 heteroatoms. The van der Waals surface area contributed by atoms with Crippen molar-refractivity contribution in [1.82, 2.24) is 4.90 Å². The molecule has 3 atom stereocenters. The molecule has 1 saturated heterocycles. The number of nitrogens with zero attached hydrogens (tertiary/aromatic N) is 1. The van der Waals surface area contributed by atoms with E-state index in [4.69, 9.17) is 5.73 Å². The molecule has 3 nitrogen and oxygen atoms in total. The van der Waals surface area contributed by atoms with Gasteiger partial charge in [0, 0.05) is 11.6 Å². The summed E-state index contributed by atoms with van der Waals surface area (Å²) in [5.41, 5.74) is 7.31. The van der Waals surface area contributed by atoms with Crippen LogP contribution >= 0.6 is 24.0 Å². The fourth-order valence-electron chi connectivity index (χ4n) is 5.75. The zero-order chi connectivity index (χ0) is 19.1. The Kier molecular flexibility index (Phi) is 6.20. The van der Waals surface area contributed by atoms with E-state index in [9.17, 15) is 4.79 Å². The topological polar surface area (TPSA) is 46.3 Å². The lowest BCUT2D eigenvalue weighted by molar-refractivity contribution is -0.124. The SMILES string of the molecule is CN1C2CCC(C2)CC1(C)CC(C(N)=O)(c1ccccc1)c1ccccc1.I. The highest BCUT2D eigenvalue weighted by Crippen LogP contribution is 2.50. The average molecular weight is 490 g/mol. The molecule has 1 saturated carbocycles. The maximum Gasteiger partial charge on any atom is 0.232 e. The van der Waals surface area contributed by atoms with Gasteiger partial charge in [-0.05, 0) is 63.1 Å². The standard InChI is InChI=1S/C24H30N2O.HI/c1-23(16-18-13-14-21(15-18)26(23)2)17-24(22(25)27,19-9-5-3-6-10-19)20-11-7-4-8-12-20;/h3-12,18,21H,13-17H2,1-2H3,(H2,25,27);1H. The molecule has 3 unspecified atom stereocenters. The Morgan fingerprint density at radius 3 is 2.11 bits per heavy atom. The molecule has 2 bridgehead atoms. The van der Waals surface area contributed by atoms with Crippen LogP contribution in [0.2, 0.25) is 0 Å². The van der Waals surface area contributed by atoms with E-state index in [2.05, 4.69) is 43.1 Å². The Labute approximate surface area is 185 Å². The second-order valence-corrected chi connectivity index (χ2v) is 8.82. The Hall–Kier alpha value is -1.40. The highest BCUT2D eigenvalue weighted by atomic mass is 127. The number of hydrogen-bond donors (Lipinski definition) is 1. The van der Waals surface area contributed by atoms with Crippen LogP contribution in [0.4, 0.5) is 0 Å². The number of piperidine rings is 1. The highest BCUT2D eigenvalue weighted by Gasteiger charge is 2.52. The van der Waals surface area contributed by atoms with E-state index in [1.807, 2.05) is 36.4 Å². The predicted molar refractivity (Wildman–Crippen MR) is 125 cm³/mol. The van der Waals surface area contributed by atoms with Gasteiger partial charge in [0.2, 0.25) is 5.91 Å². The van der Waals surface area contributed by atoms with Gasteiger partial charge in [-0.2, -0.15) is 0 Å². The summed E-state index contributed by atoms with van der Waals surface area (Å²) in [4.78, 5) is 15.7. The summed E-state index contributed by atoms with van der Waals surface area (Å²) < 4.78 is 0. The van der Waals surface area contributed by atoms with E-state index in [0.29, 0.717) is 12.5 Å². The summed E-state index contributed by atoms with van der Waals surface area (Å²) >= 11 is 0. The lowest BCUT2D eigenvalue weighted by Gasteiger charge is -2.51. The fraction of sp³-hybridized carbons (Fsp3) is 0.458. The Balaban J connectivity index is 0.00000225. The number of benzene rings is 2. The van der Waals surface area contributed by atoms with Crippen molar-refractivity contribution in [2.75, 3.05) is 7.05 Å². The first-order valence-corrected chi connectivity index (χ1v) is 10.1. The van der Waals surface area contributed by atoms with Gasteiger partial charge >= 0.3 is 0 Å². The monoisotopic (exact) mass is 490 g/mol. The largest absolute Gasteiger partial charge is 0.369 e. The minimum atomic E-state index is -0.817. The first-order chi connectivity index (χ1) is 13.0. The van der Waals surface area contributed by atoms with Crippen molar-refractivity contribution in [3.05, 3.63) is 71.8 Å². The molecule has 0 spiro atoms. The van der Waals surface area contributed by atoms with Gasteiger partial charge in [-0.25, -0.2) is 0 Å². The molecule has 28 heavy (non-hydrogen) atoms. The van der Waals surface area contributed by atoms with Crippen LogP contribution in [0, 0.1) is 5.92 Å². The van der Waals surface area contributed by atoms with Gasteiger partial charge in [0.25, 0.3) is 0 Å².